The summed E-state index contributed by atoms with van der Waals surface area (Å²) in [5, 5.41) is 16.4. The monoisotopic (exact) mass is 198 g/mol. The zero-order valence-electron chi connectivity index (χ0n) is 8.72. The van der Waals surface area contributed by atoms with Crippen molar-refractivity contribution in [3.05, 3.63) is 11.9 Å². The molecule has 80 valence electrons. The van der Waals surface area contributed by atoms with E-state index in [4.69, 9.17) is 10.8 Å². The molecule has 1 aromatic heterocycles. The zero-order chi connectivity index (χ0) is 10.6. The van der Waals surface area contributed by atoms with E-state index in [0.29, 0.717) is 18.2 Å². The molecule has 5 nitrogen and oxygen atoms in total. The van der Waals surface area contributed by atoms with Gasteiger partial charge in [-0.3, -0.25) is 4.68 Å². The molecule has 3 N–H and O–H groups in total. The first-order valence-corrected chi connectivity index (χ1v) is 4.92. The third-order valence-corrected chi connectivity index (χ3v) is 2.52. The number of nitrogens with zero attached hydrogens (tertiary/aromatic N) is 3. The molecule has 5 heteroatoms. The third-order valence-electron chi connectivity index (χ3n) is 2.52. The van der Waals surface area contributed by atoms with Crippen LogP contribution in [-0.2, 0) is 13.2 Å². The summed E-state index contributed by atoms with van der Waals surface area (Å²) in [5.41, 5.74) is 6.54. The van der Waals surface area contributed by atoms with E-state index in [9.17, 15) is 0 Å². The molecule has 1 rings (SSSR count). The normalized spacial score (nSPS) is 15.4. The first-order chi connectivity index (χ1) is 6.67. The van der Waals surface area contributed by atoms with Crippen LogP contribution in [0.15, 0.2) is 6.20 Å². The van der Waals surface area contributed by atoms with E-state index in [1.165, 1.54) is 0 Å². The molecule has 0 spiro atoms. The predicted octanol–water partition coefficient (Wildman–Crippen LogP) is 0.144. The van der Waals surface area contributed by atoms with Crippen LogP contribution in [-0.4, -0.2) is 26.1 Å². The van der Waals surface area contributed by atoms with Crippen molar-refractivity contribution < 1.29 is 5.11 Å². The fraction of sp³-hybridized carbons (Fsp3) is 0.778. The Bertz CT molecular complexity index is 274. The molecule has 0 aliphatic carbocycles. The molecule has 1 heterocycles. The van der Waals surface area contributed by atoms with Crippen LogP contribution < -0.4 is 5.73 Å². The maximum Gasteiger partial charge on any atom is 0.108 e. The van der Waals surface area contributed by atoms with Gasteiger partial charge in [0, 0.05) is 6.04 Å². The maximum absolute atomic E-state index is 8.79. The van der Waals surface area contributed by atoms with E-state index in [1.807, 2.05) is 0 Å². The van der Waals surface area contributed by atoms with Gasteiger partial charge in [0.1, 0.15) is 5.69 Å². The molecule has 0 amide bonds. The number of aliphatic hydroxyl groups is 1. The number of hydrogen-bond acceptors (Lipinski definition) is 4. The van der Waals surface area contributed by atoms with E-state index < -0.39 is 0 Å². The van der Waals surface area contributed by atoms with Gasteiger partial charge in [-0.05, 0) is 5.92 Å². The van der Waals surface area contributed by atoms with Crippen molar-refractivity contribution >= 4 is 0 Å². The van der Waals surface area contributed by atoms with Crippen molar-refractivity contribution in [3.8, 4) is 0 Å². The fourth-order valence-corrected chi connectivity index (χ4v) is 1.20. The maximum atomic E-state index is 8.79. The Balaban J connectivity index is 2.51. The van der Waals surface area contributed by atoms with Crippen LogP contribution in [0.5, 0.6) is 0 Å². The van der Waals surface area contributed by atoms with Gasteiger partial charge in [0.25, 0.3) is 0 Å². The largest absolute Gasteiger partial charge is 0.390 e. The number of nitrogens with two attached hydrogens (primary N) is 1. The lowest BCUT2D eigenvalue weighted by Crippen LogP contribution is -2.32. The summed E-state index contributed by atoms with van der Waals surface area (Å²) in [4.78, 5) is 0. The Morgan fingerprint density at radius 2 is 2.36 bits per heavy atom. The SMILES string of the molecule is CC[C@@H](C)[C@@H](N)Cn1cc(CO)nn1. The average Bonchev–Trinajstić information content (AvgIpc) is 2.64. The minimum absolute atomic E-state index is 0.0709. The summed E-state index contributed by atoms with van der Waals surface area (Å²) in [5.74, 6) is 0.469. The van der Waals surface area contributed by atoms with E-state index in [1.54, 1.807) is 10.9 Å². The van der Waals surface area contributed by atoms with Crippen molar-refractivity contribution in [3.63, 3.8) is 0 Å². The first kappa shape index (κ1) is 11.1. The van der Waals surface area contributed by atoms with Gasteiger partial charge in [-0.1, -0.05) is 25.5 Å². The van der Waals surface area contributed by atoms with Crippen LogP contribution in [0.1, 0.15) is 26.0 Å². The highest BCUT2D eigenvalue weighted by Gasteiger charge is 2.12. The van der Waals surface area contributed by atoms with Crippen LogP contribution in [0, 0.1) is 5.92 Å². The van der Waals surface area contributed by atoms with Gasteiger partial charge in [0.05, 0.1) is 19.3 Å². The van der Waals surface area contributed by atoms with Crippen LogP contribution in [0.3, 0.4) is 0 Å². The summed E-state index contributed by atoms with van der Waals surface area (Å²) in [7, 11) is 0. The van der Waals surface area contributed by atoms with Gasteiger partial charge in [-0.2, -0.15) is 0 Å². The Kier molecular flexibility index (Phi) is 4.03. The fourth-order valence-electron chi connectivity index (χ4n) is 1.20. The third kappa shape index (κ3) is 2.78. The Labute approximate surface area is 83.9 Å². The smallest absolute Gasteiger partial charge is 0.108 e. The Hall–Kier alpha value is -0.940. The van der Waals surface area contributed by atoms with Gasteiger partial charge >= 0.3 is 0 Å². The summed E-state index contributed by atoms with van der Waals surface area (Å²) in [6.45, 7) is 4.82. The molecule has 0 aliphatic rings. The number of aromatic nitrogens is 3. The molecule has 0 bridgehead atoms. The molecule has 0 unspecified atom stereocenters. The quantitative estimate of drug-likeness (QED) is 0.705. The number of aliphatic hydroxyl groups excluding tert-OH is 1. The molecule has 14 heavy (non-hydrogen) atoms. The Morgan fingerprint density at radius 1 is 1.64 bits per heavy atom. The second kappa shape index (κ2) is 5.07. The molecule has 2 atom stereocenters. The van der Waals surface area contributed by atoms with Crippen LogP contribution in [0.4, 0.5) is 0 Å². The minimum atomic E-state index is -0.0709. The lowest BCUT2D eigenvalue weighted by atomic mass is 10.0. The lowest BCUT2D eigenvalue weighted by molar-refractivity contribution is 0.276. The van der Waals surface area contributed by atoms with Crippen molar-refractivity contribution in [1.29, 1.82) is 0 Å². The molecule has 0 aromatic carbocycles. The van der Waals surface area contributed by atoms with E-state index in [-0.39, 0.29) is 12.6 Å². The number of rotatable bonds is 5. The van der Waals surface area contributed by atoms with E-state index in [2.05, 4.69) is 24.2 Å². The molecule has 0 fully saturated rings. The standard InChI is InChI=1S/C9H18N4O/c1-3-7(2)9(10)5-13-4-8(6-14)11-12-13/h4,7,9,14H,3,5-6,10H2,1-2H3/t7-,9+/m1/s1. The predicted molar refractivity (Wildman–Crippen MR) is 53.4 cm³/mol. The van der Waals surface area contributed by atoms with Crippen molar-refractivity contribution in [1.82, 2.24) is 15.0 Å². The van der Waals surface area contributed by atoms with Crippen LogP contribution in [0.25, 0.3) is 0 Å². The summed E-state index contributed by atoms with van der Waals surface area (Å²) in [6.07, 6.45) is 2.78. The molecular formula is C9H18N4O. The average molecular weight is 198 g/mol. The van der Waals surface area contributed by atoms with Gasteiger partial charge < -0.3 is 10.8 Å². The van der Waals surface area contributed by atoms with E-state index >= 15 is 0 Å². The molecule has 1 aromatic rings. The number of hydrogen-bond donors (Lipinski definition) is 2. The Morgan fingerprint density at radius 3 is 2.86 bits per heavy atom. The van der Waals surface area contributed by atoms with Gasteiger partial charge in [0.2, 0.25) is 0 Å². The minimum Gasteiger partial charge on any atom is -0.390 e. The molecule has 0 radical (unpaired) electrons. The van der Waals surface area contributed by atoms with Gasteiger partial charge in [0.15, 0.2) is 0 Å². The second-order valence-electron chi connectivity index (χ2n) is 3.64. The summed E-state index contributed by atoms with van der Waals surface area (Å²) in [6, 6.07) is 0.0910. The van der Waals surface area contributed by atoms with E-state index in [0.717, 1.165) is 6.42 Å². The highest BCUT2D eigenvalue weighted by atomic mass is 16.3. The molecular weight excluding hydrogens is 180 g/mol. The highest BCUT2D eigenvalue weighted by Crippen LogP contribution is 2.07. The van der Waals surface area contributed by atoms with Crippen LogP contribution in [0.2, 0.25) is 0 Å². The zero-order valence-corrected chi connectivity index (χ0v) is 8.72. The second-order valence-corrected chi connectivity index (χ2v) is 3.64. The van der Waals surface area contributed by atoms with Crippen LogP contribution >= 0.6 is 0 Å². The van der Waals surface area contributed by atoms with Gasteiger partial charge in [-0.15, -0.1) is 5.10 Å². The summed E-state index contributed by atoms with van der Waals surface area (Å²) < 4.78 is 1.68. The van der Waals surface area contributed by atoms with Gasteiger partial charge in [-0.25, -0.2) is 0 Å². The van der Waals surface area contributed by atoms with Crippen molar-refractivity contribution in [2.24, 2.45) is 11.7 Å². The van der Waals surface area contributed by atoms with Crippen molar-refractivity contribution in [2.45, 2.75) is 39.5 Å². The molecule has 0 aliphatic heterocycles. The van der Waals surface area contributed by atoms with Crippen molar-refractivity contribution in [2.75, 3.05) is 0 Å². The molecule has 0 saturated heterocycles. The highest BCUT2D eigenvalue weighted by molar-refractivity contribution is 4.89. The first-order valence-electron chi connectivity index (χ1n) is 4.92. The topological polar surface area (TPSA) is 77.0 Å². The summed E-state index contributed by atoms with van der Waals surface area (Å²) >= 11 is 0. The molecule has 0 saturated carbocycles. The lowest BCUT2D eigenvalue weighted by Gasteiger charge is -2.17.